The first-order valence-corrected chi connectivity index (χ1v) is 18.6. The smallest absolute Gasteiger partial charge is 0.410 e. The number of likely N-dealkylation sites (tertiary alicyclic amines) is 1. The summed E-state index contributed by atoms with van der Waals surface area (Å²) in [6.07, 6.45) is 0.341. The van der Waals surface area contributed by atoms with Gasteiger partial charge in [-0.25, -0.2) is 14.8 Å². The number of pyridine rings is 1. The number of hydrogen-bond acceptors (Lipinski definition) is 10. The molecule has 13 nitrogen and oxygen atoms in total. The fourth-order valence-electron chi connectivity index (χ4n) is 6.38. The Balaban J connectivity index is 1.21. The molecule has 4 atom stereocenters. The Labute approximate surface area is 309 Å². The second-order valence-corrected chi connectivity index (χ2v) is 16.5. The summed E-state index contributed by atoms with van der Waals surface area (Å²) in [6, 6.07) is 9.11. The van der Waals surface area contributed by atoms with Crippen LogP contribution in [-0.2, 0) is 14.3 Å². The highest BCUT2D eigenvalue weighted by Crippen LogP contribution is 2.30. The number of piperazine rings is 1. The standard InChI is InChI=1S/C38H51N7O6S/c1-23(25-9-11-26(12-10-25)31-24(2)40-22-52-31)41-34(48)29-19-28(46)21-45(29)35(49)32(37(3,4)5)42-33(47)27-13-14-30(39-20-27)43-15-17-44(18-16-43)36(50)51-38(6,7)8/h9-14,20,22-23,28-29,32,46H,15-19,21H2,1-8H3,(H,41,48)(H,42,47)/t23-,28+,29-,32+/m0/s1. The summed E-state index contributed by atoms with van der Waals surface area (Å²) in [5, 5.41) is 16.5. The van der Waals surface area contributed by atoms with Gasteiger partial charge in [-0.2, -0.15) is 0 Å². The van der Waals surface area contributed by atoms with Crippen LogP contribution in [0.4, 0.5) is 10.6 Å². The fraction of sp³-hybridized carbons (Fsp3) is 0.526. The van der Waals surface area contributed by atoms with E-state index in [-0.39, 0.29) is 36.6 Å². The molecule has 280 valence electrons. The van der Waals surface area contributed by atoms with E-state index in [4.69, 9.17) is 4.74 Å². The van der Waals surface area contributed by atoms with E-state index in [1.54, 1.807) is 28.4 Å². The number of benzene rings is 1. The van der Waals surface area contributed by atoms with Crippen LogP contribution in [-0.4, -0.2) is 105 Å². The van der Waals surface area contributed by atoms with Gasteiger partial charge in [0.15, 0.2) is 0 Å². The van der Waals surface area contributed by atoms with Crippen LogP contribution < -0.4 is 15.5 Å². The highest BCUT2D eigenvalue weighted by Gasteiger charge is 2.45. The van der Waals surface area contributed by atoms with Crippen molar-refractivity contribution in [2.24, 2.45) is 5.41 Å². The lowest BCUT2D eigenvalue weighted by molar-refractivity contribution is -0.142. The largest absolute Gasteiger partial charge is 0.444 e. The monoisotopic (exact) mass is 733 g/mol. The van der Waals surface area contributed by atoms with Crippen molar-refractivity contribution in [2.45, 2.75) is 91.6 Å². The number of carbonyl (C=O) groups excluding carboxylic acids is 4. The van der Waals surface area contributed by atoms with E-state index < -0.39 is 41.0 Å². The molecule has 3 N–H and O–H groups in total. The third-order valence-corrected chi connectivity index (χ3v) is 10.3. The van der Waals surface area contributed by atoms with Gasteiger partial charge < -0.3 is 35.2 Å². The normalized spacial score (nSPS) is 19.2. The zero-order chi connectivity index (χ0) is 38.0. The first-order chi connectivity index (χ1) is 24.4. The van der Waals surface area contributed by atoms with Crippen molar-refractivity contribution in [1.29, 1.82) is 0 Å². The van der Waals surface area contributed by atoms with Gasteiger partial charge in [0.05, 0.1) is 33.8 Å². The molecule has 4 amide bonds. The predicted molar refractivity (Wildman–Crippen MR) is 200 cm³/mol. The number of ether oxygens (including phenoxy) is 1. The average Bonchev–Trinajstić information content (AvgIpc) is 3.71. The third kappa shape index (κ3) is 9.26. The highest BCUT2D eigenvalue weighted by molar-refractivity contribution is 7.13. The van der Waals surface area contributed by atoms with Crippen molar-refractivity contribution < 1.29 is 29.0 Å². The summed E-state index contributed by atoms with van der Waals surface area (Å²) in [6.45, 7) is 17.0. The van der Waals surface area contributed by atoms with E-state index in [0.717, 1.165) is 21.7 Å². The van der Waals surface area contributed by atoms with E-state index in [1.165, 1.54) is 11.1 Å². The average molecular weight is 734 g/mol. The number of thiazole rings is 1. The van der Waals surface area contributed by atoms with Crippen LogP contribution in [0.2, 0.25) is 0 Å². The number of aliphatic hydroxyl groups excluding tert-OH is 1. The number of amides is 4. The van der Waals surface area contributed by atoms with E-state index in [9.17, 15) is 24.3 Å². The number of anilines is 1. The van der Waals surface area contributed by atoms with Gasteiger partial charge >= 0.3 is 6.09 Å². The second-order valence-electron chi connectivity index (χ2n) is 15.6. The van der Waals surface area contributed by atoms with Crippen LogP contribution >= 0.6 is 11.3 Å². The third-order valence-electron chi connectivity index (χ3n) is 9.30. The van der Waals surface area contributed by atoms with Gasteiger partial charge in [-0.05, 0) is 63.3 Å². The SMILES string of the molecule is Cc1ncsc1-c1ccc([C@H](C)NC(=O)[C@@H]2C[C@@H](O)CN2C(=O)[C@@H](NC(=O)c2ccc(N3CCN(C(=O)OC(C)(C)C)CC3)nc2)C(C)(C)C)cc1. The first-order valence-electron chi connectivity index (χ1n) is 17.7. The lowest BCUT2D eigenvalue weighted by atomic mass is 9.85. The van der Waals surface area contributed by atoms with E-state index in [1.807, 2.05) is 90.1 Å². The molecule has 5 rings (SSSR count). The first kappa shape index (κ1) is 38.7. The van der Waals surface area contributed by atoms with Crippen molar-refractivity contribution in [1.82, 2.24) is 30.4 Å². The molecule has 0 spiro atoms. The second kappa shape index (κ2) is 15.6. The molecule has 0 unspecified atom stereocenters. The molecule has 1 aromatic carbocycles. The molecule has 0 radical (unpaired) electrons. The lowest BCUT2D eigenvalue weighted by Gasteiger charge is -2.36. The van der Waals surface area contributed by atoms with Gasteiger partial charge in [0.2, 0.25) is 11.8 Å². The highest BCUT2D eigenvalue weighted by atomic mass is 32.1. The summed E-state index contributed by atoms with van der Waals surface area (Å²) in [7, 11) is 0. The molecule has 2 saturated heterocycles. The zero-order valence-corrected chi connectivity index (χ0v) is 32.1. The summed E-state index contributed by atoms with van der Waals surface area (Å²) < 4.78 is 5.48. The molecule has 2 aliphatic heterocycles. The van der Waals surface area contributed by atoms with Gasteiger partial charge in [-0.1, -0.05) is 45.0 Å². The summed E-state index contributed by atoms with van der Waals surface area (Å²) in [5.74, 6) is -0.621. The molecule has 2 fully saturated rings. The van der Waals surface area contributed by atoms with Gasteiger partial charge in [0.1, 0.15) is 23.5 Å². The molecule has 3 aromatic rings. The van der Waals surface area contributed by atoms with Crippen molar-refractivity contribution >= 4 is 41.0 Å². The number of aromatic nitrogens is 2. The van der Waals surface area contributed by atoms with Crippen molar-refractivity contribution in [3.05, 3.63) is 64.9 Å². The topological polar surface area (TPSA) is 157 Å². The van der Waals surface area contributed by atoms with Crippen LogP contribution in [0.15, 0.2) is 48.1 Å². The number of carbonyl (C=O) groups is 4. The maximum atomic E-state index is 14.1. The Hall–Kier alpha value is -4.56. The molecule has 52 heavy (non-hydrogen) atoms. The summed E-state index contributed by atoms with van der Waals surface area (Å²) in [5.41, 5.74) is 3.73. The maximum Gasteiger partial charge on any atom is 0.410 e. The number of rotatable bonds is 8. The summed E-state index contributed by atoms with van der Waals surface area (Å²) >= 11 is 1.57. The molecule has 14 heteroatoms. The molecular weight excluding hydrogens is 683 g/mol. The fourth-order valence-corrected chi connectivity index (χ4v) is 7.19. The molecule has 2 aliphatic rings. The van der Waals surface area contributed by atoms with Crippen molar-refractivity contribution in [3.8, 4) is 10.4 Å². The Morgan fingerprint density at radius 3 is 2.17 bits per heavy atom. The van der Waals surface area contributed by atoms with E-state index >= 15 is 0 Å². The van der Waals surface area contributed by atoms with Gasteiger partial charge in [0, 0.05) is 45.3 Å². The number of nitrogens with zero attached hydrogens (tertiary/aromatic N) is 5. The predicted octanol–water partition coefficient (Wildman–Crippen LogP) is 4.55. The molecular formula is C38H51N7O6S. The van der Waals surface area contributed by atoms with Crippen LogP contribution in [0.25, 0.3) is 10.4 Å². The minimum Gasteiger partial charge on any atom is -0.444 e. The van der Waals surface area contributed by atoms with Gasteiger partial charge in [-0.15, -0.1) is 11.3 Å². The van der Waals surface area contributed by atoms with Gasteiger partial charge in [-0.3, -0.25) is 14.4 Å². The van der Waals surface area contributed by atoms with Gasteiger partial charge in [0.25, 0.3) is 5.91 Å². The Morgan fingerprint density at radius 1 is 0.942 bits per heavy atom. The Morgan fingerprint density at radius 2 is 1.62 bits per heavy atom. The maximum absolute atomic E-state index is 14.1. The van der Waals surface area contributed by atoms with Crippen LogP contribution in [0.1, 0.15) is 82.5 Å². The molecule has 0 saturated carbocycles. The number of nitrogens with one attached hydrogen (secondary N) is 2. The van der Waals surface area contributed by atoms with Crippen LogP contribution in [0, 0.1) is 12.3 Å². The van der Waals surface area contributed by atoms with E-state index in [0.29, 0.717) is 32.0 Å². The van der Waals surface area contributed by atoms with Crippen molar-refractivity contribution in [2.75, 3.05) is 37.6 Å². The minimum absolute atomic E-state index is 0.0198. The van der Waals surface area contributed by atoms with Crippen molar-refractivity contribution in [3.63, 3.8) is 0 Å². The lowest BCUT2D eigenvalue weighted by Crippen LogP contribution is -2.57. The quantitative estimate of drug-likeness (QED) is 0.302. The van der Waals surface area contributed by atoms with Crippen LogP contribution in [0.5, 0.6) is 0 Å². The summed E-state index contributed by atoms with van der Waals surface area (Å²) in [4.78, 5) is 68.7. The number of hydrogen-bond donors (Lipinski definition) is 3. The Bertz CT molecular complexity index is 1740. The molecule has 2 aromatic heterocycles. The number of aryl methyl sites for hydroxylation is 1. The number of aliphatic hydroxyl groups is 1. The van der Waals surface area contributed by atoms with Crippen LogP contribution in [0.3, 0.4) is 0 Å². The molecule has 0 aliphatic carbocycles. The zero-order valence-electron chi connectivity index (χ0n) is 31.3. The molecule has 0 bridgehead atoms. The minimum atomic E-state index is -0.985. The molecule has 4 heterocycles. The Kier molecular flexibility index (Phi) is 11.6. The van der Waals surface area contributed by atoms with E-state index in [2.05, 4.69) is 20.6 Å². The number of β-amino-alcohol motifs (C(OH)–C–C–N with tert-alkyl or cyclic N) is 1.